The number of hydrogen-bond acceptors (Lipinski definition) is 2. The largest absolute Gasteiger partial charge is 0.377 e. The molecule has 1 saturated carbocycles. The zero-order valence-corrected chi connectivity index (χ0v) is 11.4. The van der Waals surface area contributed by atoms with Crippen molar-refractivity contribution in [3.63, 3.8) is 0 Å². The van der Waals surface area contributed by atoms with Gasteiger partial charge in [0.15, 0.2) is 0 Å². The zero-order valence-electron chi connectivity index (χ0n) is 11.4. The summed E-state index contributed by atoms with van der Waals surface area (Å²) < 4.78 is 13.2. The summed E-state index contributed by atoms with van der Waals surface area (Å²) in [5, 5.41) is 3.29. The number of halogens is 1. The van der Waals surface area contributed by atoms with Crippen molar-refractivity contribution in [1.82, 2.24) is 0 Å². The molecule has 20 heavy (non-hydrogen) atoms. The number of nitrogens with one attached hydrogen (secondary N) is 1. The van der Waals surface area contributed by atoms with Crippen molar-refractivity contribution in [1.29, 1.82) is 0 Å². The van der Waals surface area contributed by atoms with Crippen LogP contribution in [-0.4, -0.2) is 6.54 Å². The summed E-state index contributed by atoms with van der Waals surface area (Å²) in [5.74, 6) is 0.520. The average Bonchev–Trinajstić information content (AvgIpc) is 3.30. The van der Waals surface area contributed by atoms with Crippen molar-refractivity contribution in [2.45, 2.75) is 24.8 Å². The van der Waals surface area contributed by atoms with Gasteiger partial charge >= 0.3 is 0 Å². The minimum absolute atomic E-state index is 0.00468. The Hall–Kier alpha value is -1.87. The molecule has 3 N–H and O–H groups in total. The summed E-state index contributed by atoms with van der Waals surface area (Å²) in [6.45, 7) is 0.472. The first-order valence-electron chi connectivity index (χ1n) is 7.08. The molecule has 0 heterocycles. The maximum absolute atomic E-state index is 13.2. The van der Waals surface area contributed by atoms with E-state index in [1.165, 1.54) is 30.5 Å². The summed E-state index contributed by atoms with van der Waals surface area (Å²) in [4.78, 5) is 0. The van der Waals surface area contributed by atoms with Crippen molar-refractivity contribution in [2.24, 2.45) is 5.73 Å². The topological polar surface area (TPSA) is 38.0 Å². The van der Waals surface area contributed by atoms with Crippen molar-refractivity contribution < 1.29 is 4.39 Å². The van der Waals surface area contributed by atoms with Gasteiger partial charge in [0.05, 0.1) is 6.04 Å². The molecule has 1 aliphatic carbocycles. The van der Waals surface area contributed by atoms with E-state index in [0.717, 1.165) is 17.2 Å². The Balaban J connectivity index is 1.75. The third-order valence-electron chi connectivity index (χ3n) is 3.79. The Morgan fingerprint density at radius 2 is 1.90 bits per heavy atom. The molecule has 0 aliphatic heterocycles. The summed E-state index contributed by atoms with van der Waals surface area (Å²) in [7, 11) is 0. The van der Waals surface area contributed by atoms with E-state index in [9.17, 15) is 4.39 Å². The van der Waals surface area contributed by atoms with E-state index in [1.807, 2.05) is 6.07 Å². The first kappa shape index (κ1) is 13.1. The normalized spacial score (nSPS) is 15.9. The molecule has 0 saturated heterocycles. The highest BCUT2D eigenvalue weighted by Gasteiger charge is 2.23. The van der Waals surface area contributed by atoms with Crippen LogP contribution in [0.5, 0.6) is 0 Å². The van der Waals surface area contributed by atoms with Crippen molar-refractivity contribution in [3.05, 3.63) is 65.5 Å². The third-order valence-corrected chi connectivity index (χ3v) is 3.79. The van der Waals surface area contributed by atoms with E-state index in [0.29, 0.717) is 6.54 Å². The van der Waals surface area contributed by atoms with Crippen LogP contribution in [0.3, 0.4) is 0 Å². The molecule has 1 atom stereocenters. The lowest BCUT2D eigenvalue weighted by Crippen LogP contribution is -2.20. The monoisotopic (exact) mass is 270 g/mol. The van der Waals surface area contributed by atoms with Crippen molar-refractivity contribution >= 4 is 5.69 Å². The second-order valence-corrected chi connectivity index (χ2v) is 5.38. The van der Waals surface area contributed by atoms with E-state index in [4.69, 9.17) is 5.73 Å². The number of benzene rings is 2. The molecule has 0 spiro atoms. The van der Waals surface area contributed by atoms with Gasteiger partial charge in [0.25, 0.3) is 0 Å². The molecule has 1 aliphatic rings. The van der Waals surface area contributed by atoms with Crippen LogP contribution in [0.1, 0.15) is 35.9 Å². The fourth-order valence-corrected chi connectivity index (χ4v) is 2.47. The molecule has 1 fully saturated rings. The maximum Gasteiger partial charge on any atom is 0.125 e. The standard InChI is InChI=1S/C17H19FN2/c18-15-2-1-3-16(10-15)20-17(11-19)14-8-6-13(7-9-14)12-4-5-12/h1-3,6-10,12,17,20H,4-5,11,19H2. The molecule has 0 radical (unpaired) electrons. The van der Waals surface area contributed by atoms with Gasteiger partial charge in [-0.1, -0.05) is 30.3 Å². The highest BCUT2D eigenvalue weighted by Crippen LogP contribution is 2.40. The van der Waals surface area contributed by atoms with Gasteiger partial charge in [-0.15, -0.1) is 0 Å². The van der Waals surface area contributed by atoms with Gasteiger partial charge in [-0.25, -0.2) is 4.39 Å². The van der Waals surface area contributed by atoms with Gasteiger partial charge in [-0.2, -0.15) is 0 Å². The maximum atomic E-state index is 13.2. The van der Waals surface area contributed by atoms with Crippen LogP contribution in [0.25, 0.3) is 0 Å². The molecule has 0 aromatic heterocycles. The number of nitrogens with two attached hydrogens (primary N) is 1. The Morgan fingerprint density at radius 3 is 2.50 bits per heavy atom. The number of rotatable bonds is 5. The predicted molar refractivity (Wildman–Crippen MR) is 80.2 cm³/mol. The van der Waals surface area contributed by atoms with Gasteiger partial charge in [0.1, 0.15) is 5.82 Å². The number of hydrogen-bond donors (Lipinski definition) is 2. The minimum Gasteiger partial charge on any atom is -0.377 e. The molecule has 1 unspecified atom stereocenters. The smallest absolute Gasteiger partial charge is 0.125 e. The van der Waals surface area contributed by atoms with Crippen LogP contribution in [0.15, 0.2) is 48.5 Å². The second kappa shape index (κ2) is 5.63. The van der Waals surface area contributed by atoms with Crippen molar-refractivity contribution in [3.8, 4) is 0 Å². The van der Waals surface area contributed by atoms with Gasteiger partial charge in [0, 0.05) is 12.2 Å². The molecule has 104 valence electrons. The van der Waals surface area contributed by atoms with E-state index in [2.05, 4.69) is 29.6 Å². The summed E-state index contributed by atoms with van der Waals surface area (Å²) >= 11 is 0. The van der Waals surface area contributed by atoms with E-state index >= 15 is 0 Å². The fraction of sp³-hybridized carbons (Fsp3) is 0.294. The third kappa shape index (κ3) is 2.99. The van der Waals surface area contributed by atoms with E-state index < -0.39 is 0 Å². The predicted octanol–water partition coefficient (Wildman–Crippen LogP) is 3.82. The molecular weight excluding hydrogens is 251 g/mol. The molecule has 3 rings (SSSR count). The lowest BCUT2D eigenvalue weighted by molar-refractivity contribution is 0.627. The molecule has 2 nitrogen and oxygen atoms in total. The minimum atomic E-state index is -0.241. The van der Waals surface area contributed by atoms with E-state index in [1.54, 1.807) is 6.07 Å². The summed E-state index contributed by atoms with van der Waals surface area (Å²) in [5.41, 5.74) is 9.15. The fourth-order valence-electron chi connectivity index (χ4n) is 2.47. The van der Waals surface area contributed by atoms with Gasteiger partial charge in [-0.3, -0.25) is 0 Å². The van der Waals surface area contributed by atoms with Crippen LogP contribution in [-0.2, 0) is 0 Å². The van der Waals surface area contributed by atoms with Gasteiger partial charge in [0.2, 0.25) is 0 Å². The Kier molecular flexibility index (Phi) is 3.70. The molecule has 3 heteroatoms. The Morgan fingerprint density at radius 1 is 1.15 bits per heavy atom. The van der Waals surface area contributed by atoms with Crippen LogP contribution >= 0.6 is 0 Å². The lowest BCUT2D eigenvalue weighted by Gasteiger charge is -2.19. The first-order chi connectivity index (χ1) is 9.76. The quantitative estimate of drug-likeness (QED) is 0.867. The van der Waals surface area contributed by atoms with Crippen LogP contribution < -0.4 is 11.1 Å². The zero-order chi connectivity index (χ0) is 13.9. The van der Waals surface area contributed by atoms with Crippen molar-refractivity contribution in [2.75, 3.05) is 11.9 Å². The molecule has 0 bridgehead atoms. The van der Waals surface area contributed by atoms with Crippen LogP contribution in [0.4, 0.5) is 10.1 Å². The number of anilines is 1. The first-order valence-corrected chi connectivity index (χ1v) is 7.08. The Bertz CT molecular complexity index is 576. The highest BCUT2D eigenvalue weighted by atomic mass is 19.1. The highest BCUT2D eigenvalue weighted by molar-refractivity contribution is 5.46. The average molecular weight is 270 g/mol. The lowest BCUT2D eigenvalue weighted by atomic mass is 10.0. The molecule has 2 aromatic carbocycles. The van der Waals surface area contributed by atoms with Gasteiger partial charge < -0.3 is 11.1 Å². The SMILES string of the molecule is NCC(Nc1cccc(F)c1)c1ccc(C2CC2)cc1. The van der Waals surface area contributed by atoms with Crippen LogP contribution in [0.2, 0.25) is 0 Å². The summed E-state index contributed by atoms with van der Waals surface area (Å²) in [6.07, 6.45) is 2.61. The second-order valence-electron chi connectivity index (χ2n) is 5.38. The molecule has 0 amide bonds. The Labute approximate surface area is 118 Å². The van der Waals surface area contributed by atoms with E-state index in [-0.39, 0.29) is 11.9 Å². The van der Waals surface area contributed by atoms with Gasteiger partial charge in [-0.05, 0) is 48.1 Å². The van der Waals surface area contributed by atoms with Crippen LogP contribution in [0, 0.1) is 5.82 Å². The molecule has 2 aromatic rings. The summed E-state index contributed by atoms with van der Waals surface area (Å²) in [6, 6.07) is 15.1. The molecular formula is C17H19FN2.